The summed E-state index contributed by atoms with van der Waals surface area (Å²) in [4.78, 5) is 10.8. The fourth-order valence-corrected chi connectivity index (χ4v) is 2.41. The summed E-state index contributed by atoms with van der Waals surface area (Å²) in [5.41, 5.74) is 0.567. The summed E-state index contributed by atoms with van der Waals surface area (Å²) in [6, 6.07) is 5.50. The van der Waals surface area contributed by atoms with Crippen LogP contribution in [0.15, 0.2) is 24.3 Å². The lowest BCUT2D eigenvalue weighted by Crippen LogP contribution is -2.41. The highest BCUT2D eigenvalue weighted by atomic mass is 32.2. The average Bonchev–Trinajstić information content (AvgIpc) is 2.36. The smallest absolute Gasteiger partial charge is 0.387 e. The SMILES string of the molecule is CC(C)(C)[S@+]([O-])N[C@@H](CC=O)c1cccc(OC(F)F)c1. The van der Waals surface area contributed by atoms with Crippen molar-refractivity contribution in [3.05, 3.63) is 29.8 Å². The van der Waals surface area contributed by atoms with E-state index in [0.29, 0.717) is 11.8 Å². The van der Waals surface area contributed by atoms with Gasteiger partial charge >= 0.3 is 6.61 Å². The number of aldehydes is 1. The van der Waals surface area contributed by atoms with Crippen LogP contribution in [0.5, 0.6) is 5.75 Å². The Morgan fingerprint density at radius 2 is 2.10 bits per heavy atom. The van der Waals surface area contributed by atoms with Gasteiger partial charge in [0.05, 0.1) is 6.04 Å². The molecule has 7 heteroatoms. The first-order valence-corrected chi connectivity index (χ1v) is 7.55. The van der Waals surface area contributed by atoms with Gasteiger partial charge in [0, 0.05) is 17.8 Å². The van der Waals surface area contributed by atoms with Crippen LogP contribution >= 0.6 is 0 Å². The van der Waals surface area contributed by atoms with Crippen molar-refractivity contribution in [3.8, 4) is 5.75 Å². The molecule has 0 saturated carbocycles. The molecule has 0 fully saturated rings. The lowest BCUT2D eigenvalue weighted by molar-refractivity contribution is -0.108. The molecule has 0 bridgehead atoms. The molecule has 1 N–H and O–H groups in total. The van der Waals surface area contributed by atoms with Crippen LogP contribution in [0.3, 0.4) is 0 Å². The Morgan fingerprint density at radius 1 is 1.43 bits per heavy atom. The molecule has 0 unspecified atom stereocenters. The molecular formula is C14H19F2NO3S. The maximum absolute atomic E-state index is 12.2. The fraction of sp³-hybridized carbons (Fsp3) is 0.500. The third kappa shape index (κ3) is 5.99. The van der Waals surface area contributed by atoms with Gasteiger partial charge in [-0.05, 0) is 38.5 Å². The number of hydrogen-bond acceptors (Lipinski definition) is 4. The molecule has 21 heavy (non-hydrogen) atoms. The molecule has 0 aliphatic heterocycles. The number of ether oxygens (including phenoxy) is 1. The van der Waals surface area contributed by atoms with E-state index in [9.17, 15) is 18.1 Å². The van der Waals surface area contributed by atoms with Crippen LogP contribution < -0.4 is 9.46 Å². The number of halogens is 2. The van der Waals surface area contributed by atoms with Crippen molar-refractivity contribution >= 4 is 17.6 Å². The number of alkyl halides is 2. The van der Waals surface area contributed by atoms with E-state index in [4.69, 9.17) is 0 Å². The van der Waals surface area contributed by atoms with Crippen molar-refractivity contribution in [2.45, 2.75) is 44.6 Å². The highest BCUT2D eigenvalue weighted by Crippen LogP contribution is 2.25. The second-order valence-corrected chi connectivity index (χ2v) is 7.40. The Kier molecular flexibility index (Phi) is 6.57. The highest BCUT2D eigenvalue weighted by Gasteiger charge is 2.29. The van der Waals surface area contributed by atoms with E-state index in [0.717, 1.165) is 0 Å². The third-order valence-corrected chi connectivity index (χ3v) is 4.23. The summed E-state index contributed by atoms with van der Waals surface area (Å²) in [7, 11) is 0. The Balaban J connectivity index is 2.92. The second kappa shape index (κ2) is 7.72. The van der Waals surface area contributed by atoms with Crippen LogP contribution in [0.2, 0.25) is 0 Å². The van der Waals surface area contributed by atoms with E-state index in [1.165, 1.54) is 12.1 Å². The van der Waals surface area contributed by atoms with E-state index in [-0.39, 0.29) is 12.2 Å². The zero-order valence-electron chi connectivity index (χ0n) is 12.1. The van der Waals surface area contributed by atoms with E-state index >= 15 is 0 Å². The normalized spacial score (nSPS) is 14.8. The maximum atomic E-state index is 12.2. The van der Waals surface area contributed by atoms with Gasteiger partial charge in [-0.15, -0.1) is 4.72 Å². The zero-order chi connectivity index (χ0) is 16.0. The first kappa shape index (κ1) is 17.9. The monoisotopic (exact) mass is 319 g/mol. The van der Waals surface area contributed by atoms with Crippen molar-refractivity contribution in [2.24, 2.45) is 0 Å². The van der Waals surface area contributed by atoms with Gasteiger partial charge in [0.15, 0.2) is 0 Å². The van der Waals surface area contributed by atoms with Crippen LogP contribution in [0.4, 0.5) is 8.78 Å². The van der Waals surface area contributed by atoms with Gasteiger partial charge in [-0.25, -0.2) is 0 Å². The van der Waals surface area contributed by atoms with Gasteiger partial charge in [-0.1, -0.05) is 12.1 Å². The Labute approximate surface area is 126 Å². The molecule has 0 heterocycles. The minimum Gasteiger partial charge on any atom is -0.598 e. The number of carbonyl (C=O) groups excluding carboxylic acids is 1. The van der Waals surface area contributed by atoms with Crippen molar-refractivity contribution < 1.29 is 22.9 Å². The van der Waals surface area contributed by atoms with Crippen molar-refractivity contribution in [1.82, 2.24) is 4.72 Å². The van der Waals surface area contributed by atoms with Gasteiger partial charge in [-0.2, -0.15) is 8.78 Å². The topological polar surface area (TPSA) is 61.4 Å². The van der Waals surface area contributed by atoms with Crippen LogP contribution in [-0.2, 0) is 16.2 Å². The second-order valence-electron chi connectivity index (χ2n) is 5.40. The predicted octanol–water partition coefficient (Wildman–Crippen LogP) is 2.97. The summed E-state index contributed by atoms with van der Waals surface area (Å²) in [6.45, 7) is 2.47. The Bertz CT molecular complexity index is 466. The van der Waals surface area contributed by atoms with Gasteiger partial charge in [0.2, 0.25) is 0 Å². The highest BCUT2D eigenvalue weighted by molar-refractivity contribution is 7.90. The molecule has 0 radical (unpaired) electrons. The Hall–Kier alpha value is -1.18. The summed E-state index contributed by atoms with van der Waals surface area (Å²) < 4.78 is 43.2. The van der Waals surface area contributed by atoms with Gasteiger partial charge in [0.25, 0.3) is 0 Å². The summed E-state index contributed by atoms with van der Waals surface area (Å²) >= 11 is -1.38. The largest absolute Gasteiger partial charge is 0.598 e. The van der Waals surface area contributed by atoms with E-state index in [1.54, 1.807) is 32.9 Å². The molecule has 4 nitrogen and oxygen atoms in total. The number of hydrogen-bond donors (Lipinski definition) is 1. The van der Waals surface area contributed by atoms with Crippen molar-refractivity contribution in [3.63, 3.8) is 0 Å². The summed E-state index contributed by atoms with van der Waals surface area (Å²) in [5, 5.41) is 0. The van der Waals surface area contributed by atoms with E-state index < -0.39 is 28.8 Å². The molecule has 0 aliphatic carbocycles. The molecular weight excluding hydrogens is 300 g/mol. The van der Waals surface area contributed by atoms with Gasteiger partial charge in [0.1, 0.15) is 16.8 Å². The molecule has 0 spiro atoms. The number of carbonyl (C=O) groups is 1. The first-order valence-electron chi connectivity index (χ1n) is 6.40. The lowest BCUT2D eigenvalue weighted by atomic mass is 10.1. The molecule has 0 amide bonds. The van der Waals surface area contributed by atoms with E-state index in [1.807, 2.05) is 0 Å². The molecule has 1 aromatic rings. The lowest BCUT2D eigenvalue weighted by Gasteiger charge is -2.27. The average molecular weight is 319 g/mol. The number of benzene rings is 1. The molecule has 0 aromatic heterocycles. The molecule has 118 valence electrons. The molecule has 0 aliphatic rings. The van der Waals surface area contributed by atoms with Crippen LogP contribution in [-0.4, -0.2) is 22.2 Å². The fourth-order valence-electron chi connectivity index (χ4n) is 1.56. The van der Waals surface area contributed by atoms with Gasteiger partial charge in [-0.3, -0.25) is 0 Å². The van der Waals surface area contributed by atoms with Crippen molar-refractivity contribution in [2.75, 3.05) is 0 Å². The minimum atomic E-state index is -2.92. The summed E-state index contributed by atoms with van der Waals surface area (Å²) in [6.07, 6.45) is 0.776. The summed E-state index contributed by atoms with van der Waals surface area (Å²) in [5.74, 6) is 0.00161. The van der Waals surface area contributed by atoms with Crippen LogP contribution in [0.25, 0.3) is 0 Å². The molecule has 1 aromatic carbocycles. The number of nitrogens with one attached hydrogen (secondary N) is 1. The number of rotatable bonds is 7. The van der Waals surface area contributed by atoms with Crippen molar-refractivity contribution in [1.29, 1.82) is 0 Å². The Morgan fingerprint density at radius 3 is 2.62 bits per heavy atom. The predicted molar refractivity (Wildman–Crippen MR) is 77.5 cm³/mol. The van der Waals surface area contributed by atoms with Crippen LogP contribution in [0, 0.1) is 0 Å². The van der Waals surface area contributed by atoms with E-state index in [2.05, 4.69) is 9.46 Å². The van der Waals surface area contributed by atoms with Gasteiger partial charge < -0.3 is 14.1 Å². The molecule has 1 rings (SSSR count). The maximum Gasteiger partial charge on any atom is 0.387 e. The minimum absolute atomic E-state index is 0.00161. The standard InChI is InChI=1S/C14H19F2NO3S/c1-14(2,3)21(19)17-12(7-8-18)10-5-4-6-11(9-10)20-13(15)16/h4-6,8-9,12-13,17H,7H2,1-3H3/t12-,21-/m0/s1. The third-order valence-electron chi connectivity index (χ3n) is 2.62. The quantitative estimate of drug-likeness (QED) is 0.620. The zero-order valence-corrected chi connectivity index (χ0v) is 13.0. The first-order chi connectivity index (χ1) is 9.74. The molecule has 0 saturated heterocycles. The van der Waals surface area contributed by atoms with Crippen LogP contribution in [0.1, 0.15) is 38.8 Å². The molecule has 2 atom stereocenters.